The maximum absolute atomic E-state index is 13.4. The first-order valence-electron chi connectivity index (χ1n) is 6.62. The van der Waals surface area contributed by atoms with Gasteiger partial charge in [-0.1, -0.05) is 13.8 Å². The number of carbonyl (C=O) groups is 1. The Hall–Kier alpha value is -1.34. The SMILES string of the molecule is CC(C)C(C(=O)Nc1ccc(Br)c(F)n1)c1cncc(Br)c1. The molecule has 1 unspecified atom stereocenters. The number of hydrogen-bond donors (Lipinski definition) is 1. The number of nitrogens with one attached hydrogen (secondary N) is 1. The van der Waals surface area contributed by atoms with E-state index in [9.17, 15) is 9.18 Å². The molecule has 7 heteroatoms. The van der Waals surface area contributed by atoms with Gasteiger partial charge >= 0.3 is 0 Å². The lowest BCUT2D eigenvalue weighted by Crippen LogP contribution is -2.25. The number of halogens is 3. The van der Waals surface area contributed by atoms with Crippen LogP contribution in [0.1, 0.15) is 25.3 Å². The lowest BCUT2D eigenvalue weighted by molar-refractivity contribution is -0.118. The molecule has 0 bridgehead atoms. The van der Waals surface area contributed by atoms with Crippen molar-refractivity contribution in [3.63, 3.8) is 0 Å². The first-order chi connectivity index (χ1) is 10.4. The van der Waals surface area contributed by atoms with Crippen LogP contribution in [0.4, 0.5) is 10.2 Å². The number of aromatic nitrogens is 2. The molecule has 1 amide bonds. The van der Waals surface area contributed by atoms with Crippen LogP contribution in [0.2, 0.25) is 0 Å². The topological polar surface area (TPSA) is 54.9 Å². The summed E-state index contributed by atoms with van der Waals surface area (Å²) in [4.78, 5) is 20.3. The number of pyridine rings is 2. The van der Waals surface area contributed by atoms with Crippen LogP contribution in [0.3, 0.4) is 0 Å². The van der Waals surface area contributed by atoms with Crippen molar-refractivity contribution in [1.29, 1.82) is 0 Å². The van der Waals surface area contributed by atoms with Crippen LogP contribution in [-0.2, 0) is 4.79 Å². The van der Waals surface area contributed by atoms with Crippen molar-refractivity contribution in [3.8, 4) is 0 Å². The average molecular weight is 431 g/mol. The minimum atomic E-state index is -0.664. The number of nitrogens with zero attached hydrogens (tertiary/aromatic N) is 2. The molecule has 0 fully saturated rings. The Balaban J connectivity index is 2.25. The summed E-state index contributed by atoms with van der Waals surface area (Å²) >= 11 is 6.38. The molecule has 2 rings (SSSR count). The second kappa shape index (κ2) is 7.28. The minimum Gasteiger partial charge on any atom is -0.310 e. The summed E-state index contributed by atoms with van der Waals surface area (Å²) in [6.07, 6.45) is 3.31. The summed E-state index contributed by atoms with van der Waals surface area (Å²) in [5, 5.41) is 2.66. The van der Waals surface area contributed by atoms with Gasteiger partial charge in [0.2, 0.25) is 11.9 Å². The number of rotatable bonds is 4. The van der Waals surface area contributed by atoms with Crippen molar-refractivity contribution in [2.45, 2.75) is 19.8 Å². The van der Waals surface area contributed by atoms with Crippen molar-refractivity contribution in [3.05, 3.63) is 51.0 Å². The standard InChI is InChI=1S/C15H14Br2FN3O/c1-8(2)13(9-5-10(16)7-19-6-9)15(22)21-12-4-3-11(17)14(18)20-12/h3-8,13H,1-2H3,(H,20,21,22). The Labute approximate surface area is 144 Å². The van der Waals surface area contributed by atoms with Crippen molar-refractivity contribution in [2.75, 3.05) is 5.32 Å². The van der Waals surface area contributed by atoms with Gasteiger partial charge in [-0.05, 0) is 61.5 Å². The highest BCUT2D eigenvalue weighted by Gasteiger charge is 2.25. The predicted octanol–water partition coefficient (Wildman–Crippen LogP) is 4.52. The van der Waals surface area contributed by atoms with Crippen LogP contribution in [0.5, 0.6) is 0 Å². The number of carbonyl (C=O) groups excluding carboxylic acids is 1. The molecule has 2 aromatic heterocycles. The molecule has 1 N–H and O–H groups in total. The highest BCUT2D eigenvalue weighted by molar-refractivity contribution is 9.10. The lowest BCUT2D eigenvalue weighted by atomic mass is 9.88. The third-order valence-corrected chi connectivity index (χ3v) is 4.11. The fourth-order valence-electron chi connectivity index (χ4n) is 2.13. The highest BCUT2D eigenvalue weighted by Crippen LogP contribution is 2.27. The zero-order valence-electron chi connectivity index (χ0n) is 12.0. The predicted molar refractivity (Wildman–Crippen MR) is 90.0 cm³/mol. The molecule has 0 radical (unpaired) electrons. The fourth-order valence-corrected chi connectivity index (χ4v) is 2.73. The van der Waals surface area contributed by atoms with E-state index in [1.807, 2.05) is 19.9 Å². The second-order valence-electron chi connectivity index (χ2n) is 5.12. The molecule has 0 aliphatic rings. The van der Waals surface area contributed by atoms with Gasteiger partial charge < -0.3 is 5.32 Å². The van der Waals surface area contributed by atoms with Crippen molar-refractivity contribution < 1.29 is 9.18 Å². The molecular weight excluding hydrogens is 417 g/mol. The van der Waals surface area contributed by atoms with Gasteiger partial charge in [0.15, 0.2) is 0 Å². The maximum Gasteiger partial charge on any atom is 0.233 e. The van der Waals surface area contributed by atoms with Crippen LogP contribution in [0.15, 0.2) is 39.5 Å². The summed E-state index contributed by atoms with van der Waals surface area (Å²) in [7, 11) is 0. The Morgan fingerprint density at radius 1 is 1.27 bits per heavy atom. The lowest BCUT2D eigenvalue weighted by Gasteiger charge is -2.20. The summed E-state index contributed by atoms with van der Waals surface area (Å²) in [6.45, 7) is 3.89. The number of hydrogen-bond acceptors (Lipinski definition) is 3. The molecule has 0 saturated carbocycles. The minimum absolute atomic E-state index is 0.0522. The van der Waals surface area contributed by atoms with E-state index in [1.54, 1.807) is 18.5 Å². The van der Waals surface area contributed by atoms with E-state index in [-0.39, 0.29) is 22.1 Å². The zero-order chi connectivity index (χ0) is 16.3. The smallest absolute Gasteiger partial charge is 0.233 e. The van der Waals surface area contributed by atoms with Gasteiger partial charge in [-0.25, -0.2) is 4.98 Å². The van der Waals surface area contributed by atoms with Gasteiger partial charge in [-0.15, -0.1) is 0 Å². The third kappa shape index (κ3) is 4.10. The van der Waals surface area contributed by atoms with E-state index in [2.05, 4.69) is 47.1 Å². The molecule has 0 aliphatic carbocycles. The van der Waals surface area contributed by atoms with Crippen LogP contribution >= 0.6 is 31.9 Å². The largest absolute Gasteiger partial charge is 0.310 e. The monoisotopic (exact) mass is 429 g/mol. The van der Waals surface area contributed by atoms with Crippen molar-refractivity contribution >= 4 is 43.6 Å². The molecule has 0 aliphatic heterocycles. The Bertz CT molecular complexity index is 694. The van der Waals surface area contributed by atoms with Crippen LogP contribution < -0.4 is 5.32 Å². The van der Waals surface area contributed by atoms with Crippen LogP contribution in [0.25, 0.3) is 0 Å². The van der Waals surface area contributed by atoms with Crippen molar-refractivity contribution in [1.82, 2.24) is 9.97 Å². The highest BCUT2D eigenvalue weighted by atomic mass is 79.9. The van der Waals surface area contributed by atoms with Gasteiger partial charge in [-0.2, -0.15) is 4.39 Å². The Kier molecular flexibility index (Phi) is 5.63. The van der Waals surface area contributed by atoms with Crippen molar-refractivity contribution in [2.24, 2.45) is 5.92 Å². The molecule has 1 atom stereocenters. The Morgan fingerprint density at radius 3 is 2.59 bits per heavy atom. The fraction of sp³-hybridized carbons (Fsp3) is 0.267. The maximum atomic E-state index is 13.4. The van der Waals surface area contributed by atoms with E-state index in [0.29, 0.717) is 0 Å². The molecule has 2 heterocycles. The van der Waals surface area contributed by atoms with E-state index in [4.69, 9.17) is 0 Å². The van der Waals surface area contributed by atoms with Gasteiger partial charge in [0, 0.05) is 16.9 Å². The number of anilines is 1. The van der Waals surface area contributed by atoms with Gasteiger partial charge in [0.25, 0.3) is 0 Å². The number of amides is 1. The van der Waals surface area contributed by atoms with E-state index < -0.39 is 11.9 Å². The Morgan fingerprint density at radius 2 is 2.00 bits per heavy atom. The molecule has 0 aromatic carbocycles. The molecule has 22 heavy (non-hydrogen) atoms. The van der Waals surface area contributed by atoms with Crippen LogP contribution in [0, 0.1) is 11.9 Å². The third-order valence-electron chi connectivity index (χ3n) is 3.09. The van der Waals surface area contributed by atoms with Gasteiger partial charge in [0.05, 0.1) is 10.4 Å². The normalized spacial score (nSPS) is 12.3. The van der Waals surface area contributed by atoms with E-state index >= 15 is 0 Å². The molecule has 0 saturated heterocycles. The molecular formula is C15H14Br2FN3O. The van der Waals surface area contributed by atoms with E-state index in [0.717, 1.165) is 10.0 Å². The summed E-state index contributed by atoms with van der Waals surface area (Å²) < 4.78 is 14.5. The van der Waals surface area contributed by atoms with Gasteiger partial charge in [0.1, 0.15) is 5.82 Å². The summed E-state index contributed by atoms with van der Waals surface area (Å²) in [5.41, 5.74) is 0.791. The first kappa shape index (κ1) is 17.0. The van der Waals surface area contributed by atoms with Gasteiger partial charge in [-0.3, -0.25) is 9.78 Å². The second-order valence-corrected chi connectivity index (χ2v) is 6.89. The quantitative estimate of drug-likeness (QED) is 0.725. The molecule has 2 aromatic rings. The van der Waals surface area contributed by atoms with E-state index in [1.165, 1.54) is 6.07 Å². The molecule has 116 valence electrons. The molecule has 0 spiro atoms. The zero-order valence-corrected chi connectivity index (χ0v) is 15.2. The summed E-state index contributed by atoms with van der Waals surface area (Å²) in [5.74, 6) is -1.08. The molecule has 4 nitrogen and oxygen atoms in total. The average Bonchev–Trinajstić information content (AvgIpc) is 2.42. The summed E-state index contributed by atoms with van der Waals surface area (Å²) in [6, 6.07) is 4.90. The first-order valence-corrected chi connectivity index (χ1v) is 8.20. The van der Waals surface area contributed by atoms with Crippen LogP contribution in [-0.4, -0.2) is 15.9 Å².